The molecule has 0 bridgehead atoms. The van der Waals surface area contributed by atoms with E-state index in [2.05, 4.69) is 5.32 Å². The second kappa shape index (κ2) is 8.26. The molecule has 0 aliphatic carbocycles. The molecule has 0 spiro atoms. The van der Waals surface area contributed by atoms with Gasteiger partial charge in [0.15, 0.2) is 0 Å². The van der Waals surface area contributed by atoms with Crippen molar-refractivity contribution in [2.24, 2.45) is 0 Å². The van der Waals surface area contributed by atoms with Crippen molar-refractivity contribution in [2.75, 3.05) is 6.54 Å². The highest BCUT2D eigenvalue weighted by Crippen LogP contribution is 2.31. The van der Waals surface area contributed by atoms with E-state index in [1.165, 1.54) is 12.1 Å². The first-order valence-electron chi connectivity index (χ1n) is 10.2. The fourth-order valence-electron chi connectivity index (χ4n) is 3.99. The van der Waals surface area contributed by atoms with Crippen molar-refractivity contribution in [3.8, 4) is 0 Å². The van der Waals surface area contributed by atoms with Crippen molar-refractivity contribution in [1.29, 1.82) is 0 Å². The number of hydrogen-bond donors (Lipinski definition) is 1. The molecule has 1 aromatic heterocycles. The van der Waals surface area contributed by atoms with Gasteiger partial charge < -0.3 is 14.8 Å². The van der Waals surface area contributed by atoms with E-state index in [0.29, 0.717) is 19.5 Å². The topological polar surface area (TPSA) is 67.2 Å². The molecule has 1 aliphatic heterocycles. The number of halogens is 1. The average Bonchev–Trinajstić information content (AvgIpc) is 3.24. The number of benzene rings is 2. The molecule has 0 radical (unpaired) electrons. The van der Waals surface area contributed by atoms with Crippen LogP contribution in [0.1, 0.15) is 37.6 Å². The monoisotopic (exact) mass is 408 g/mol. The molecule has 3 aromatic rings. The molecule has 1 saturated heterocycles. The Morgan fingerprint density at radius 1 is 1.20 bits per heavy atom. The molecule has 1 atom stereocenters. The van der Waals surface area contributed by atoms with Gasteiger partial charge in [0.1, 0.15) is 18.2 Å². The van der Waals surface area contributed by atoms with Gasteiger partial charge in [-0.2, -0.15) is 0 Å². The minimum Gasteiger partial charge on any atom is -0.352 e. The molecule has 7 heteroatoms. The quantitative estimate of drug-likeness (QED) is 0.681. The molecule has 4 rings (SSSR count). The van der Waals surface area contributed by atoms with E-state index in [-0.39, 0.29) is 36.1 Å². The van der Waals surface area contributed by atoms with Crippen LogP contribution in [0.4, 0.5) is 4.39 Å². The standard InChI is InChI=1S/C23H25FN4O2/c1-15(2)25-21(29)14-28-20-6-4-3-5-19(20)26-23(28)17-11-22(30)27(13-17)12-16-7-9-18(24)10-8-16/h3-10,15,17H,11-14H2,1-2H3,(H,25,29)/t17-/m1/s1. The van der Waals surface area contributed by atoms with Gasteiger partial charge in [-0.25, -0.2) is 9.37 Å². The van der Waals surface area contributed by atoms with Gasteiger partial charge in [0.25, 0.3) is 0 Å². The Hall–Kier alpha value is -3.22. The predicted molar refractivity (Wildman–Crippen MR) is 112 cm³/mol. The van der Waals surface area contributed by atoms with Gasteiger partial charge in [-0.1, -0.05) is 24.3 Å². The van der Waals surface area contributed by atoms with Crippen molar-refractivity contribution in [3.05, 3.63) is 65.7 Å². The summed E-state index contributed by atoms with van der Waals surface area (Å²) in [4.78, 5) is 31.7. The summed E-state index contributed by atoms with van der Waals surface area (Å²) in [5.74, 6) is 0.316. The molecule has 156 valence electrons. The van der Waals surface area contributed by atoms with E-state index >= 15 is 0 Å². The van der Waals surface area contributed by atoms with E-state index in [1.54, 1.807) is 17.0 Å². The van der Waals surface area contributed by atoms with Crippen molar-refractivity contribution in [2.45, 2.75) is 45.3 Å². The van der Waals surface area contributed by atoms with Crippen LogP contribution in [-0.2, 0) is 22.7 Å². The Kier molecular flexibility index (Phi) is 5.53. The van der Waals surface area contributed by atoms with E-state index < -0.39 is 0 Å². The number of fused-ring (bicyclic) bond motifs is 1. The van der Waals surface area contributed by atoms with Crippen molar-refractivity contribution in [3.63, 3.8) is 0 Å². The first-order valence-corrected chi connectivity index (χ1v) is 10.2. The lowest BCUT2D eigenvalue weighted by molar-refractivity contribution is -0.128. The molecule has 1 fully saturated rings. The van der Waals surface area contributed by atoms with Crippen LogP contribution in [-0.4, -0.2) is 38.9 Å². The SMILES string of the molecule is CC(C)NC(=O)Cn1c([C@@H]2CC(=O)N(Cc3ccc(F)cc3)C2)nc2ccccc21. The zero-order chi connectivity index (χ0) is 21.3. The van der Waals surface area contributed by atoms with Crippen LogP contribution >= 0.6 is 0 Å². The number of carbonyl (C=O) groups is 2. The largest absolute Gasteiger partial charge is 0.352 e. The number of rotatable bonds is 6. The number of para-hydroxylation sites is 2. The molecule has 1 N–H and O–H groups in total. The van der Waals surface area contributed by atoms with E-state index in [0.717, 1.165) is 22.4 Å². The van der Waals surface area contributed by atoms with Crippen LogP contribution in [0.2, 0.25) is 0 Å². The summed E-state index contributed by atoms with van der Waals surface area (Å²) >= 11 is 0. The number of imidazole rings is 1. The number of amides is 2. The summed E-state index contributed by atoms with van der Waals surface area (Å²) in [6.45, 7) is 4.97. The lowest BCUT2D eigenvalue weighted by atomic mass is 10.1. The molecule has 2 aromatic carbocycles. The molecule has 1 aliphatic rings. The lowest BCUT2D eigenvalue weighted by Crippen LogP contribution is -2.33. The molecule has 0 saturated carbocycles. The third kappa shape index (κ3) is 4.20. The first kappa shape index (κ1) is 20.1. The maximum atomic E-state index is 13.2. The first-order chi connectivity index (χ1) is 14.4. The van der Waals surface area contributed by atoms with Crippen molar-refractivity contribution < 1.29 is 14.0 Å². The Morgan fingerprint density at radius 3 is 2.67 bits per heavy atom. The van der Waals surface area contributed by atoms with Crippen molar-refractivity contribution >= 4 is 22.8 Å². The van der Waals surface area contributed by atoms with Gasteiger partial charge in [0.2, 0.25) is 11.8 Å². The van der Waals surface area contributed by atoms with Gasteiger partial charge in [-0.15, -0.1) is 0 Å². The maximum Gasteiger partial charge on any atom is 0.240 e. The number of nitrogens with one attached hydrogen (secondary N) is 1. The number of aromatic nitrogens is 2. The maximum absolute atomic E-state index is 13.2. The number of likely N-dealkylation sites (tertiary alicyclic amines) is 1. The molecular formula is C23H25FN4O2. The van der Waals surface area contributed by atoms with Gasteiger partial charge in [0.05, 0.1) is 11.0 Å². The smallest absolute Gasteiger partial charge is 0.240 e. The Balaban J connectivity index is 1.59. The summed E-state index contributed by atoms with van der Waals surface area (Å²) in [7, 11) is 0. The number of hydrogen-bond acceptors (Lipinski definition) is 3. The van der Waals surface area contributed by atoms with E-state index in [1.807, 2.05) is 42.7 Å². The molecular weight excluding hydrogens is 383 g/mol. The zero-order valence-corrected chi connectivity index (χ0v) is 17.1. The summed E-state index contributed by atoms with van der Waals surface area (Å²) in [6, 6.07) is 14.0. The van der Waals surface area contributed by atoms with Crippen LogP contribution in [0.5, 0.6) is 0 Å². The highest BCUT2D eigenvalue weighted by Gasteiger charge is 2.34. The van der Waals surface area contributed by atoms with Gasteiger partial charge in [-0.3, -0.25) is 9.59 Å². The zero-order valence-electron chi connectivity index (χ0n) is 17.1. The highest BCUT2D eigenvalue weighted by molar-refractivity contribution is 5.83. The Morgan fingerprint density at radius 2 is 1.93 bits per heavy atom. The summed E-state index contributed by atoms with van der Waals surface area (Å²) in [5, 5.41) is 2.92. The normalized spacial score (nSPS) is 16.6. The van der Waals surface area contributed by atoms with Gasteiger partial charge in [0, 0.05) is 31.5 Å². The van der Waals surface area contributed by atoms with Crippen LogP contribution < -0.4 is 5.32 Å². The number of nitrogens with zero attached hydrogens (tertiary/aromatic N) is 3. The minimum atomic E-state index is -0.294. The fraction of sp³-hybridized carbons (Fsp3) is 0.348. The molecule has 6 nitrogen and oxygen atoms in total. The minimum absolute atomic E-state index is 0.0366. The summed E-state index contributed by atoms with van der Waals surface area (Å²) < 4.78 is 15.1. The third-order valence-electron chi connectivity index (χ3n) is 5.30. The average molecular weight is 408 g/mol. The predicted octanol–water partition coefficient (Wildman–Crippen LogP) is 3.22. The van der Waals surface area contributed by atoms with Crippen LogP contribution in [0.3, 0.4) is 0 Å². The summed E-state index contributed by atoms with van der Waals surface area (Å²) in [6.07, 6.45) is 0.344. The molecule has 30 heavy (non-hydrogen) atoms. The molecule has 2 amide bonds. The molecule has 0 unspecified atom stereocenters. The van der Waals surface area contributed by atoms with Gasteiger partial charge in [-0.05, 0) is 43.7 Å². The van der Waals surface area contributed by atoms with Crippen LogP contribution in [0.25, 0.3) is 11.0 Å². The van der Waals surface area contributed by atoms with E-state index in [4.69, 9.17) is 4.98 Å². The second-order valence-electron chi connectivity index (χ2n) is 8.07. The Labute approximate surface area is 174 Å². The lowest BCUT2D eigenvalue weighted by Gasteiger charge is -2.18. The van der Waals surface area contributed by atoms with Crippen LogP contribution in [0, 0.1) is 5.82 Å². The highest BCUT2D eigenvalue weighted by atomic mass is 19.1. The number of carbonyl (C=O) groups excluding carboxylic acids is 2. The molecule has 2 heterocycles. The fourth-order valence-corrected chi connectivity index (χ4v) is 3.99. The van der Waals surface area contributed by atoms with Gasteiger partial charge >= 0.3 is 0 Å². The Bertz CT molecular complexity index is 1070. The van der Waals surface area contributed by atoms with Crippen molar-refractivity contribution in [1.82, 2.24) is 19.8 Å². The summed E-state index contributed by atoms with van der Waals surface area (Å²) in [5.41, 5.74) is 2.58. The van der Waals surface area contributed by atoms with Crippen LogP contribution in [0.15, 0.2) is 48.5 Å². The van der Waals surface area contributed by atoms with E-state index in [9.17, 15) is 14.0 Å². The second-order valence-corrected chi connectivity index (χ2v) is 8.07. The third-order valence-corrected chi connectivity index (χ3v) is 5.30.